The summed E-state index contributed by atoms with van der Waals surface area (Å²) in [6, 6.07) is 7.66. The van der Waals surface area contributed by atoms with Crippen molar-refractivity contribution >= 4 is 0 Å². The van der Waals surface area contributed by atoms with Gasteiger partial charge in [0.1, 0.15) is 0 Å². The number of aromatic nitrogens is 2. The summed E-state index contributed by atoms with van der Waals surface area (Å²) >= 11 is 0. The average Bonchev–Trinajstić information content (AvgIpc) is 2.78. The second kappa shape index (κ2) is 3.90. The fourth-order valence-electron chi connectivity index (χ4n) is 1.14. The highest BCUT2D eigenvalue weighted by Gasteiger charge is 2.37. The first-order chi connectivity index (χ1) is 8.00. The molecule has 0 radical (unpaired) electrons. The van der Waals surface area contributed by atoms with Crippen molar-refractivity contribution in [2.75, 3.05) is 0 Å². The van der Waals surface area contributed by atoms with Gasteiger partial charge in [0.25, 0.3) is 11.7 Å². The Morgan fingerprint density at radius 2 is 1.82 bits per heavy atom. The van der Waals surface area contributed by atoms with Gasteiger partial charge in [-0.2, -0.15) is 23.4 Å². The van der Waals surface area contributed by atoms with Gasteiger partial charge in [-0.1, -0.05) is 5.16 Å². The summed E-state index contributed by atoms with van der Waals surface area (Å²) in [5.41, 5.74) is 0.719. The molecule has 7 heteroatoms. The maximum Gasteiger partial charge on any atom is 0.455 e. The van der Waals surface area contributed by atoms with Gasteiger partial charge in [0.2, 0.25) is 0 Å². The highest BCUT2D eigenvalue weighted by atomic mass is 19.4. The summed E-state index contributed by atoms with van der Waals surface area (Å²) in [7, 11) is 0. The number of nitriles is 1. The van der Waals surface area contributed by atoms with Crippen molar-refractivity contribution in [1.82, 2.24) is 10.1 Å². The van der Waals surface area contributed by atoms with Crippen molar-refractivity contribution in [3.63, 3.8) is 0 Å². The SMILES string of the molecule is N#Cc1ccc(-c2nc(C(F)(F)F)no2)cc1. The van der Waals surface area contributed by atoms with Crippen molar-refractivity contribution in [3.05, 3.63) is 35.7 Å². The van der Waals surface area contributed by atoms with E-state index in [-0.39, 0.29) is 5.89 Å². The second-order valence-electron chi connectivity index (χ2n) is 3.11. The molecule has 1 aromatic carbocycles. The van der Waals surface area contributed by atoms with Crippen LogP contribution in [0.3, 0.4) is 0 Å². The number of rotatable bonds is 1. The molecule has 17 heavy (non-hydrogen) atoms. The van der Waals surface area contributed by atoms with E-state index < -0.39 is 12.0 Å². The number of alkyl halides is 3. The highest BCUT2D eigenvalue weighted by Crippen LogP contribution is 2.28. The molecule has 1 heterocycles. The van der Waals surface area contributed by atoms with Crippen molar-refractivity contribution in [2.24, 2.45) is 0 Å². The molecule has 0 aliphatic carbocycles. The molecule has 0 unspecified atom stereocenters. The molecule has 86 valence electrons. The number of hydrogen-bond acceptors (Lipinski definition) is 4. The third kappa shape index (κ3) is 2.25. The zero-order valence-electron chi connectivity index (χ0n) is 8.19. The molecule has 0 N–H and O–H groups in total. The van der Waals surface area contributed by atoms with Crippen molar-refractivity contribution in [1.29, 1.82) is 5.26 Å². The molecular weight excluding hydrogens is 235 g/mol. The zero-order valence-corrected chi connectivity index (χ0v) is 8.19. The molecule has 4 nitrogen and oxygen atoms in total. The Labute approximate surface area is 93.3 Å². The molecule has 0 fully saturated rings. The molecule has 0 aliphatic rings. The fourth-order valence-corrected chi connectivity index (χ4v) is 1.14. The van der Waals surface area contributed by atoms with Gasteiger partial charge in [-0.15, -0.1) is 0 Å². The predicted octanol–water partition coefficient (Wildman–Crippen LogP) is 2.63. The van der Waals surface area contributed by atoms with Crippen LogP contribution in [0.5, 0.6) is 0 Å². The highest BCUT2D eigenvalue weighted by molar-refractivity contribution is 5.54. The van der Waals surface area contributed by atoms with Crippen molar-refractivity contribution < 1.29 is 17.7 Å². The number of benzene rings is 1. The third-order valence-corrected chi connectivity index (χ3v) is 1.94. The second-order valence-corrected chi connectivity index (χ2v) is 3.11. The molecule has 2 aromatic rings. The average molecular weight is 239 g/mol. The van der Waals surface area contributed by atoms with Gasteiger partial charge in [0, 0.05) is 5.56 Å². The lowest BCUT2D eigenvalue weighted by Gasteiger charge is -1.96. The van der Waals surface area contributed by atoms with Crippen LogP contribution in [-0.2, 0) is 6.18 Å². The standard InChI is InChI=1S/C10H4F3N3O/c11-10(12,13)9-15-8(17-16-9)7-3-1-6(5-14)2-4-7/h1-4H. The van der Waals surface area contributed by atoms with Gasteiger partial charge in [-0.3, -0.25) is 0 Å². The van der Waals surface area contributed by atoms with Crippen LogP contribution in [0.25, 0.3) is 11.5 Å². The quantitative estimate of drug-likeness (QED) is 0.767. The molecule has 0 atom stereocenters. The molecule has 0 amide bonds. The van der Waals surface area contributed by atoms with Crippen LogP contribution in [0.4, 0.5) is 13.2 Å². The Hall–Kier alpha value is -2.36. The Morgan fingerprint density at radius 1 is 1.18 bits per heavy atom. The summed E-state index contributed by atoms with van der Waals surface area (Å²) in [5, 5.41) is 11.4. The van der Waals surface area contributed by atoms with E-state index in [1.54, 1.807) is 0 Å². The molecule has 0 spiro atoms. The minimum absolute atomic E-state index is 0.234. The van der Waals surface area contributed by atoms with E-state index in [4.69, 9.17) is 5.26 Å². The van der Waals surface area contributed by atoms with E-state index in [2.05, 4.69) is 14.7 Å². The van der Waals surface area contributed by atoms with E-state index in [1.807, 2.05) is 6.07 Å². The van der Waals surface area contributed by atoms with E-state index in [0.717, 1.165) is 0 Å². The number of halogens is 3. The fraction of sp³-hybridized carbons (Fsp3) is 0.100. The van der Waals surface area contributed by atoms with Gasteiger partial charge in [-0.05, 0) is 24.3 Å². The third-order valence-electron chi connectivity index (χ3n) is 1.94. The Balaban J connectivity index is 2.34. The summed E-state index contributed by atoms with van der Waals surface area (Å²) in [6.07, 6.45) is -4.63. The Morgan fingerprint density at radius 3 is 2.29 bits per heavy atom. The van der Waals surface area contributed by atoms with Crippen molar-refractivity contribution in [2.45, 2.75) is 6.18 Å². The first-order valence-corrected chi connectivity index (χ1v) is 4.42. The summed E-state index contributed by atoms with van der Waals surface area (Å²) in [5.74, 6) is -1.56. The maximum absolute atomic E-state index is 12.2. The normalized spacial score (nSPS) is 11.2. The first-order valence-electron chi connectivity index (χ1n) is 4.42. The van der Waals surface area contributed by atoms with Gasteiger partial charge in [-0.25, -0.2) is 0 Å². The van der Waals surface area contributed by atoms with Crippen molar-refractivity contribution in [3.8, 4) is 17.5 Å². The number of nitrogens with zero attached hydrogens (tertiary/aromatic N) is 3. The van der Waals surface area contributed by atoms with E-state index in [9.17, 15) is 13.2 Å². The van der Waals surface area contributed by atoms with Gasteiger partial charge in [0.15, 0.2) is 0 Å². The largest absolute Gasteiger partial charge is 0.455 e. The van der Waals surface area contributed by atoms with Crippen LogP contribution in [0.2, 0.25) is 0 Å². The summed E-state index contributed by atoms with van der Waals surface area (Å²) < 4.78 is 41.1. The Bertz CT molecular complexity index is 566. The zero-order chi connectivity index (χ0) is 12.5. The molecule has 0 aliphatic heterocycles. The molecule has 1 aromatic heterocycles. The predicted molar refractivity (Wildman–Crippen MR) is 49.5 cm³/mol. The molecule has 2 rings (SSSR count). The lowest BCUT2D eigenvalue weighted by Crippen LogP contribution is -2.07. The molecule has 0 saturated carbocycles. The smallest absolute Gasteiger partial charge is 0.334 e. The van der Waals surface area contributed by atoms with Gasteiger partial charge < -0.3 is 4.52 Å². The van der Waals surface area contributed by atoms with Crippen LogP contribution >= 0.6 is 0 Å². The minimum atomic E-state index is -4.63. The monoisotopic (exact) mass is 239 g/mol. The van der Waals surface area contributed by atoms with Crippen LogP contribution in [0.15, 0.2) is 28.8 Å². The van der Waals surface area contributed by atoms with Crippen LogP contribution in [0, 0.1) is 11.3 Å². The van der Waals surface area contributed by atoms with E-state index in [0.29, 0.717) is 11.1 Å². The van der Waals surface area contributed by atoms with Crippen LogP contribution in [-0.4, -0.2) is 10.1 Å². The topological polar surface area (TPSA) is 62.7 Å². The summed E-state index contributed by atoms with van der Waals surface area (Å²) in [6.45, 7) is 0. The Kier molecular flexibility index (Phi) is 2.55. The van der Waals surface area contributed by atoms with Gasteiger partial charge >= 0.3 is 6.18 Å². The lowest BCUT2D eigenvalue weighted by atomic mass is 10.1. The van der Waals surface area contributed by atoms with E-state index >= 15 is 0 Å². The summed E-state index contributed by atoms with van der Waals surface area (Å²) in [4.78, 5) is 3.22. The van der Waals surface area contributed by atoms with Crippen LogP contribution < -0.4 is 0 Å². The molecule has 0 bridgehead atoms. The number of hydrogen-bond donors (Lipinski definition) is 0. The van der Waals surface area contributed by atoms with E-state index in [1.165, 1.54) is 24.3 Å². The molecule has 0 saturated heterocycles. The first kappa shape index (κ1) is 11.1. The lowest BCUT2D eigenvalue weighted by molar-refractivity contribution is -0.146. The maximum atomic E-state index is 12.2. The van der Waals surface area contributed by atoms with Gasteiger partial charge in [0.05, 0.1) is 11.6 Å². The minimum Gasteiger partial charge on any atom is -0.334 e. The molecular formula is C10H4F3N3O. The van der Waals surface area contributed by atoms with Crippen LogP contribution in [0.1, 0.15) is 11.4 Å².